The van der Waals surface area contributed by atoms with Crippen LogP contribution < -0.4 is 11.1 Å². The lowest BCUT2D eigenvalue weighted by molar-refractivity contribution is 0.581. The minimum atomic E-state index is -3.36. The van der Waals surface area contributed by atoms with Gasteiger partial charge in [0.25, 0.3) is 5.89 Å². The summed E-state index contributed by atoms with van der Waals surface area (Å²) in [6.45, 7) is 4.33. The molecular weight excluding hydrogens is 464 g/mol. The zero-order chi connectivity index (χ0) is 24.6. The fraction of sp³-hybridized carbons (Fsp3) is 0.280. The van der Waals surface area contributed by atoms with Crippen LogP contribution >= 0.6 is 0 Å². The molecule has 0 spiro atoms. The van der Waals surface area contributed by atoms with Gasteiger partial charge in [0.15, 0.2) is 21.3 Å². The summed E-state index contributed by atoms with van der Waals surface area (Å²) in [7, 11) is -3.36. The maximum absolute atomic E-state index is 12.4. The molecule has 3 heterocycles. The van der Waals surface area contributed by atoms with Crippen LogP contribution in [-0.4, -0.2) is 40.4 Å². The molecule has 10 heteroatoms. The van der Waals surface area contributed by atoms with E-state index in [0.29, 0.717) is 23.2 Å². The van der Waals surface area contributed by atoms with Crippen molar-refractivity contribution < 1.29 is 17.1 Å². The Kier molecular flexibility index (Phi) is 6.08. The van der Waals surface area contributed by atoms with Gasteiger partial charge in [0.2, 0.25) is 5.89 Å². The third kappa shape index (κ3) is 4.54. The second-order valence-corrected chi connectivity index (χ2v) is 11.3. The number of aromatic nitrogens is 4. The standard InChI is InChI=1S/C25H26N6O3S.3H2/c1-15(2)35(32,33)19-10-8-16(9-11-19)21-14-28-23(26)22(29-21)25-31-30-24(34-25)18-6-3-5-17(13-18)20-7-4-12-27-20;;;/h3,5-6,8-11,13-15,20,27H,4,7,12H2,1-2H3,(H2,26,28);3*1H. The Morgan fingerprint density at radius 3 is 2.57 bits per heavy atom. The predicted octanol–water partition coefficient (Wildman–Crippen LogP) is 4.79. The average Bonchev–Trinajstić information content (AvgIpc) is 3.57. The Bertz CT molecular complexity index is 1470. The van der Waals surface area contributed by atoms with Crippen molar-refractivity contribution in [2.24, 2.45) is 0 Å². The van der Waals surface area contributed by atoms with Crippen LogP contribution in [0.2, 0.25) is 0 Å². The maximum Gasteiger partial charge on any atom is 0.270 e. The van der Waals surface area contributed by atoms with E-state index in [9.17, 15) is 8.42 Å². The van der Waals surface area contributed by atoms with E-state index < -0.39 is 15.1 Å². The lowest BCUT2D eigenvalue weighted by Crippen LogP contribution is -2.13. The summed E-state index contributed by atoms with van der Waals surface area (Å²) < 4.78 is 30.7. The topological polar surface area (TPSA) is 137 Å². The molecule has 0 bridgehead atoms. The number of nitrogens with two attached hydrogens (primary N) is 1. The normalized spacial score (nSPS) is 16.1. The second-order valence-electron chi connectivity index (χ2n) is 8.79. The molecule has 9 nitrogen and oxygen atoms in total. The molecule has 4 aromatic rings. The number of rotatable bonds is 6. The van der Waals surface area contributed by atoms with E-state index in [4.69, 9.17) is 10.2 Å². The minimum Gasteiger partial charge on any atom is -0.414 e. The molecule has 1 saturated heterocycles. The van der Waals surface area contributed by atoms with Gasteiger partial charge in [-0.05, 0) is 63.1 Å². The Labute approximate surface area is 208 Å². The number of hydrogen-bond donors (Lipinski definition) is 2. The lowest BCUT2D eigenvalue weighted by Gasteiger charge is -2.10. The fourth-order valence-corrected chi connectivity index (χ4v) is 5.14. The van der Waals surface area contributed by atoms with Crippen molar-refractivity contribution in [3.8, 4) is 34.3 Å². The summed E-state index contributed by atoms with van der Waals surface area (Å²) in [5, 5.41) is 11.4. The maximum atomic E-state index is 12.4. The molecule has 1 fully saturated rings. The van der Waals surface area contributed by atoms with Crippen LogP contribution in [0.3, 0.4) is 0 Å². The van der Waals surface area contributed by atoms with Crippen molar-refractivity contribution >= 4 is 15.7 Å². The Morgan fingerprint density at radius 2 is 1.86 bits per heavy atom. The van der Waals surface area contributed by atoms with Gasteiger partial charge in [-0.3, -0.25) is 0 Å². The van der Waals surface area contributed by atoms with Gasteiger partial charge in [0, 0.05) is 21.4 Å². The number of nitrogen functional groups attached to an aromatic ring is 1. The second kappa shape index (κ2) is 9.20. The highest BCUT2D eigenvalue weighted by Crippen LogP contribution is 2.30. The summed E-state index contributed by atoms with van der Waals surface area (Å²) in [6.07, 6.45) is 3.78. The van der Waals surface area contributed by atoms with Crippen LogP contribution in [0, 0.1) is 0 Å². The quantitative estimate of drug-likeness (QED) is 0.386. The minimum absolute atomic E-state index is 0. The van der Waals surface area contributed by atoms with E-state index in [1.807, 2.05) is 12.1 Å². The first-order valence-corrected chi connectivity index (χ1v) is 13.0. The summed E-state index contributed by atoms with van der Waals surface area (Å²) in [5.41, 5.74) is 9.56. The van der Waals surface area contributed by atoms with E-state index in [1.165, 1.54) is 11.8 Å². The van der Waals surface area contributed by atoms with E-state index in [2.05, 4.69) is 37.6 Å². The molecule has 1 unspecified atom stereocenters. The first-order valence-electron chi connectivity index (χ1n) is 11.5. The predicted molar refractivity (Wildman–Crippen MR) is 139 cm³/mol. The van der Waals surface area contributed by atoms with E-state index in [-0.39, 0.29) is 26.6 Å². The van der Waals surface area contributed by atoms with Crippen LogP contribution in [0.15, 0.2) is 64.0 Å². The SMILES string of the molecule is CC(C)S(=O)(=O)c1ccc(-c2cnc(N)c(-c3nnc(-c4cccc(C5CCCN5)c4)o3)n2)cc1.[HH].[HH].[HH]. The number of nitrogens with one attached hydrogen (secondary N) is 1. The number of benzene rings is 2. The van der Waals surface area contributed by atoms with E-state index in [0.717, 1.165) is 24.9 Å². The summed E-state index contributed by atoms with van der Waals surface area (Å²) in [6, 6.07) is 14.9. The first-order chi connectivity index (χ1) is 16.8. The molecule has 5 rings (SSSR count). The van der Waals surface area contributed by atoms with E-state index >= 15 is 0 Å². The summed E-state index contributed by atoms with van der Waals surface area (Å²) in [5.74, 6) is 0.691. The van der Waals surface area contributed by atoms with Crippen molar-refractivity contribution in [1.29, 1.82) is 0 Å². The number of sulfone groups is 1. The van der Waals surface area contributed by atoms with Gasteiger partial charge in [0.05, 0.1) is 22.0 Å². The van der Waals surface area contributed by atoms with E-state index in [1.54, 1.807) is 38.1 Å². The number of anilines is 1. The molecule has 1 aliphatic heterocycles. The van der Waals surface area contributed by atoms with Crippen molar-refractivity contribution in [3.63, 3.8) is 0 Å². The molecule has 2 aromatic carbocycles. The van der Waals surface area contributed by atoms with Crippen molar-refractivity contribution in [2.45, 2.75) is 42.9 Å². The molecule has 35 heavy (non-hydrogen) atoms. The van der Waals surface area contributed by atoms with Gasteiger partial charge in [-0.15, -0.1) is 10.2 Å². The molecule has 0 radical (unpaired) electrons. The molecule has 0 aliphatic carbocycles. The first kappa shape index (κ1) is 23.1. The van der Waals surface area contributed by atoms with Crippen molar-refractivity contribution in [1.82, 2.24) is 25.5 Å². The lowest BCUT2D eigenvalue weighted by atomic mass is 10.0. The largest absolute Gasteiger partial charge is 0.414 e. The van der Waals surface area contributed by atoms with Gasteiger partial charge >= 0.3 is 0 Å². The summed E-state index contributed by atoms with van der Waals surface area (Å²) >= 11 is 0. The molecule has 2 aromatic heterocycles. The van der Waals surface area contributed by atoms with Crippen molar-refractivity contribution in [3.05, 3.63) is 60.3 Å². The fourth-order valence-electron chi connectivity index (χ4n) is 4.08. The van der Waals surface area contributed by atoms with Crippen LogP contribution in [0.4, 0.5) is 5.82 Å². The molecule has 1 atom stereocenters. The molecule has 1 aliphatic rings. The summed E-state index contributed by atoms with van der Waals surface area (Å²) in [4.78, 5) is 9.09. The van der Waals surface area contributed by atoms with Crippen LogP contribution in [0.1, 0.15) is 42.6 Å². The zero-order valence-corrected chi connectivity index (χ0v) is 20.3. The molecule has 3 N–H and O–H groups in total. The third-order valence-corrected chi connectivity index (χ3v) is 8.29. The number of hydrogen-bond acceptors (Lipinski definition) is 9. The van der Waals surface area contributed by atoms with Gasteiger partial charge in [-0.25, -0.2) is 18.4 Å². The smallest absolute Gasteiger partial charge is 0.270 e. The monoisotopic (exact) mass is 496 g/mol. The molecular formula is C25H32N6O3S. The van der Waals surface area contributed by atoms with Crippen LogP contribution in [-0.2, 0) is 9.84 Å². The highest BCUT2D eigenvalue weighted by molar-refractivity contribution is 7.92. The Balaban J connectivity index is 0.00000169. The molecule has 0 amide bonds. The molecule has 186 valence electrons. The third-order valence-electron chi connectivity index (χ3n) is 6.12. The van der Waals surface area contributed by atoms with Gasteiger partial charge < -0.3 is 15.5 Å². The van der Waals surface area contributed by atoms with Gasteiger partial charge in [0.1, 0.15) is 0 Å². The Hall–Kier alpha value is -3.63. The zero-order valence-electron chi connectivity index (χ0n) is 19.5. The highest BCUT2D eigenvalue weighted by Gasteiger charge is 2.21. The molecule has 0 saturated carbocycles. The Morgan fingerprint density at radius 1 is 1.09 bits per heavy atom. The van der Waals surface area contributed by atoms with Crippen LogP contribution in [0.5, 0.6) is 0 Å². The average molecular weight is 497 g/mol. The van der Waals surface area contributed by atoms with Crippen LogP contribution in [0.25, 0.3) is 34.3 Å². The number of nitrogens with zero attached hydrogens (tertiary/aromatic N) is 4. The van der Waals surface area contributed by atoms with Crippen molar-refractivity contribution in [2.75, 3.05) is 12.3 Å². The van der Waals surface area contributed by atoms with Gasteiger partial charge in [-0.1, -0.05) is 24.3 Å². The van der Waals surface area contributed by atoms with Gasteiger partial charge in [-0.2, -0.15) is 0 Å². The highest BCUT2D eigenvalue weighted by atomic mass is 32.2.